The predicted octanol–water partition coefficient (Wildman–Crippen LogP) is 3.65. The quantitative estimate of drug-likeness (QED) is 0.668. The van der Waals surface area contributed by atoms with Gasteiger partial charge in [-0.2, -0.15) is 0 Å². The minimum atomic E-state index is -1.61. The first-order valence-corrected chi connectivity index (χ1v) is 8.65. The van der Waals surface area contributed by atoms with Gasteiger partial charge < -0.3 is 5.48 Å². The lowest BCUT2D eigenvalue weighted by Crippen LogP contribution is -2.16. The van der Waals surface area contributed by atoms with Crippen molar-refractivity contribution in [1.82, 2.24) is 0 Å². The molecule has 120 valence electrons. The Hall–Kier alpha value is -2.61. The fourth-order valence-electron chi connectivity index (χ4n) is 2.32. The molecule has 0 aromatic heterocycles. The van der Waals surface area contributed by atoms with E-state index in [0.717, 1.165) is 5.30 Å². The average molecular weight is 336 g/mol. The van der Waals surface area contributed by atoms with E-state index in [1.165, 1.54) is 0 Å². The normalized spacial score (nSPS) is 10.0. The van der Waals surface area contributed by atoms with Crippen LogP contribution >= 0.6 is 7.92 Å². The van der Waals surface area contributed by atoms with E-state index in [9.17, 15) is 9.59 Å². The highest BCUT2D eigenvalue weighted by Gasteiger charge is 2.29. The molecule has 0 radical (unpaired) electrons. The number of benzene rings is 3. The molecular weight excluding hydrogens is 319 g/mol. The van der Waals surface area contributed by atoms with Crippen LogP contribution in [0.3, 0.4) is 0 Å². The Bertz CT molecular complexity index is 751. The highest BCUT2D eigenvalue weighted by Crippen LogP contribution is 2.42. The lowest BCUT2D eigenvalue weighted by Gasteiger charge is -2.15. The largest absolute Gasteiger partial charge is 0.412 e. The number of carbonyl (C=O) groups excluding carboxylic acids is 2. The van der Waals surface area contributed by atoms with Crippen molar-refractivity contribution in [2.45, 2.75) is 0 Å². The summed E-state index contributed by atoms with van der Waals surface area (Å²) in [5, 5.41) is 0.783. The molecule has 3 aromatic carbocycles. The van der Waals surface area contributed by atoms with Gasteiger partial charge in [-0.3, -0.25) is 9.59 Å². The Kier molecular flexibility index (Phi) is 6.14. The van der Waals surface area contributed by atoms with E-state index < -0.39 is 7.92 Å². The molecule has 0 aliphatic rings. The Morgan fingerprint density at radius 2 is 0.875 bits per heavy atom. The fraction of sp³-hybridized carbons (Fsp3) is 0. The summed E-state index contributed by atoms with van der Waals surface area (Å²) >= 11 is 0. The number of carbonyl (C=O) groups is 2. The van der Waals surface area contributed by atoms with Crippen LogP contribution in [0.15, 0.2) is 91.0 Å². The van der Waals surface area contributed by atoms with Crippen LogP contribution in [0.5, 0.6) is 0 Å². The van der Waals surface area contributed by atoms with Crippen LogP contribution in [0, 0.1) is 0 Å². The molecule has 0 aliphatic heterocycles. The summed E-state index contributed by atoms with van der Waals surface area (Å²) in [6, 6.07) is 27.4. The lowest BCUT2D eigenvalue weighted by molar-refractivity contribution is 0.105. The first-order valence-electron chi connectivity index (χ1n) is 7.31. The van der Waals surface area contributed by atoms with Crippen molar-refractivity contribution in [3.05, 3.63) is 102 Å². The molecule has 0 atom stereocenters. The second kappa shape index (κ2) is 8.30. The summed E-state index contributed by atoms with van der Waals surface area (Å²) in [6.45, 7) is 0. The molecule has 4 heteroatoms. The van der Waals surface area contributed by atoms with Crippen molar-refractivity contribution in [3.63, 3.8) is 0 Å². The molecule has 0 aliphatic carbocycles. The van der Waals surface area contributed by atoms with Gasteiger partial charge in [0.1, 0.15) is 0 Å². The van der Waals surface area contributed by atoms with Gasteiger partial charge >= 0.3 is 0 Å². The van der Waals surface area contributed by atoms with Gasteiger partial charge in [0.2, 0.25) is 0 Å². The summed E-state index contributed by atoms with van der Waals surface area (Å²) < 4.78 is 0. The fourth-order valence-corrected chi connectivity index (χ4v) is 4.26. The molecule has 0 fully saturated rings. The minimum absolute atomic E-state index is 0. The van der Waals surface area contributed by atoms with E-state index >= 15 is 0 Å². The first-order chi connectivity index (χ1) is 11.3. The highest BCUT2D eigenvalue weighted by atomic mass is 31.1. The van der Waals surface area contributed by atoms with Crippen LogP contribution in [-0.2, 0) is 0 Å². The summed E-state index contributed by atoms with van der Waals surface area (Å²) in [5.74, 6) is 0. The van der Waals surface area contributed by atoms with Gasteiger partial charge in [-0.15, -0.1) is 0 Å². The van der Waals surface area contributed by atoms with Crippen LogP contribution < -0.4 is 5.30 Å². The molecule has 3 nitrogen and oxygen atoms in total. The third-order valence-electron chi connectivity index (χ3n) is 3.46. The maximum atomic E-state index is 13.0. The molecule has 0 spiro atoms. The summed E-state index contributed by atoms with van der Waals surface area (Å²) in [6.07, 6.45) is 0. The number of rotatable bonds is 5. The van der Waals surface area contributed by atoms with Gasteiger partial charge in [0.25, 0.3) is 0 Å². The van der Waals surface area contributed by atoms with Crippen molar-refractivity contribution >= 4 is 24.3 Å². The van der Waals surface area contributed by atoms with E-state index in [2.05, 4.69) is 0 Å². The maximum absolute atomic E-state index is 13.0. The summed E-state index contributed by atoms with van der Waals surface area (Å²) in [5.41, 5.74) is 0.930. The van der Waals surface area contributed by atoms with Crippen molar-refractivity contribution < 1.29 is 15.1 Å². The Labute approximate surface area is 142 Å². The predicted molar refractivity (Wildman–Crippen MR) is 98.2 cm³/mol. The minimum Gasteiger partial charge on any atom is -0.412 e. The van der Waals surface area contributed by atoms with Crippen molar-refractivity contribution in [1.29, 1.82) is 0 Å². The van der Waals surface area contributed by atoms with Crippen LogP contribution in [0.1, 0.15) is 20.7 Å². The van der Waals surface area contributed by atoms with Gasteiger partial charge in [0.05, 0.1) is 7.92 Å². The van der Waals surface area contributed by atoms with Crippen LogP contribution in [-0.4, -0.2) is 16.5 Å². The molecular formula is C20H17O3P. The Morgan fingerprint density at radius 3 is 1.25 bits per heavy atom. The molecule has 2 N–H and O–H groups in total. The van der Waals surface area contributed by atoms with Crippen LogP contribution in [0.2, 0.25) is 0 Å². The highest BCUT2D eigenvalue weighted by molar-refractivity contribution is 7.96. The van der Waals surface area contributed by atoms with E-state index in [1.54, 1.807) is 24.3 Å². The number of hydrogen-bond donors (Lipinski definition) is 0. The first kappa shape index (κ1) is 17.7. The topological polar surface area (TPSA) is 65.6 Å². The third-order valence-corrected chi connectivity index (χ3v) is 5.61. The molecule has 24 heavy (non-hydrogen) atoms. The molecule has 3 rings (SSSR count). The molecule has 0 saturated heterocycles. The molecule has 0 unspecified atom stereocenters. The van der Waals surface area contributed by atoms with Crippen molar-refractivity contribution in [2.24, 2.45) is 0 Å². The average Bonchev–Trinajstić information content (AvgIpc) is 2.64. The van der Waals surface area contributed by atoms with Crippen molar-refractivity contribution in [3.8, 4) is 0 Å². The van der Waals surface area contributed by atoms with E-state index in [0.29, 0.717) is 11.1 Å². The standard InChI is InChI=1S/C20H15O2P.H2O/c21-19(16-10-4-1-5-11-16)23(18-14-8-3-9-15-18)20(22)17-12-6-2-7-13-17;/h1-15H;1H2. The SMILES string of the molecule is O.O=C(c1ccccc1)P(C(=O)c1ccccc1)c1ccccc1. The molecule has 3 aromatic rings. The smallest absolute Gasteiger partial charge is 0.196 e. The number of hydrogen-bond acceptors (Lipinski definition) is 2. The van der Waals surface area contributed by atoms with Gasteiger partial charge in [0.15, 0.2) is 11.0 Å². The van der Waals surface area contributed by atoms with E-state index in [-0.39, 0.29) is 16.5 Å². The zero-order chi connectivity index (χ0) is 16.1. The van der Waals surface area contributed by atoms with Crippen LogP contribution in [0.25, 0.3) is 0 Å². The third kappa shape index (κ3) is 3.83. The van der Waals surface area contributed by atoms with E-state index in [1.807, 2.05) is 66.7 Å². The lowest BCUT2D eigenvalue weighted by atomic mass is 10.2. The van der Waals surface area contributed by atoms with Gasteiger partial charge in [-0.1, -0.05) is 91.0 Å². The van der Waals surface area contributed by atoms with Crippen molar-refractivity contribution in [2.75, 3.05) is 0 Å². The maximum Gasteiger partial charge on any atom is 0.196 e. The van der Waals surface area contributed by atoms with Gasteiger partial charge in [-0.25, -0.2) is 0 Å². The van der Waals surface area contributed by atoms with E-state index in [4.69, 9.17) is 0 Å². The second-order valence-corrected chi connectivity index (χ2v) is 7.01. The molecule has 0 amide bonds. The second-order valence-electron chi connectivity index (χ2n) is 5.01. The van der Waals surface area contributed by atoms with Gasteiger partial charge in [0, 0.05) is 11.1 Å². The Morgan fingerprint density at radius 1 is 0.542 bits per heavy atom. The summed E-state index contributed by atoms with van der Waals surface area (Å²) in [4.78, 5) is 25.9. The zero-order valence-electron chi connectivity index (χ0n) is 12.9. The molecule has 0 heterocycles. The zero-order valence-corrected chi connectivity index (χ0v) is 13.8. The monoisotopic (exact) mass is 336 g/mol. The van der Waals surface area contributed by atoms with Gasteiger partial charge in [-0.05, 0) is 5.30 Å². The summed E-state index contributed by atoms with van der Waals surface area (Å²) in [7, 11) is -1.61. The Balaban J connectivity index is 0.00000208. The van der Waals surface area contributed by atoms with Crippen LogP contribution in [0.4, 0.5) is 0 Å². The molecule has 0 bridgehead atoms. The molecule has 0 saturated carbocycles.